The maximum Gasteiger partial charge on any atom is 0.230 e. The molecule has 0 radical (unpaired) electrons. The Hall–Kier alpha value is -0.900. The number of carbonyl (C=O) groups excluding carboxylic acids is 2. The first-order chi connectivity index (χ1) is 7.65. The molecule has 0 bridgehead atoms. The second-order valence-corrected chi connectivity index (χ2v) is 5.05. The number of likely N-dealkylation sites (tertiary alicyclic amines) is 2. The molecular formula is C12H20N2O2. The molecule has 2 fully saturated rings. The molecule has 1 amide bonds. The van der Waals surface area contributed by atoms with E-state index in [-0.39, 0.29) is 18.1 Å². The first kappa shape index (κ1) is 11.6. The molecule has 0 spiro atoms. The molecule has 2 aliphatic rings. The molecule has 16 heavy (non-hydrogen) atoms. The van der Waals surface area contributed by atoms with Crippen molar-refractivity contribution in [3.8, 4) is 0 Å². The lowest BCUT2D eigenvalue weighted by Crippen LogP contribution is -2.39. The van der Waals surface area contributed by atoms with Crippen LogP contribution < -0.4 is 0 Å². The monoisotopic (exact) mass is 224 g/mol. The second-order valence-electron chi connectivity index (χ2n) is 5.05. The number of nitrogens with zero attached hydrogens (tertiary/aromatic N) is 2. The Kier molecular flexibility index (Phi) is 3.59. The molecule has 0 aromatic rings. The molecule has 2 saturated heterocycles. The Labute approximate surface area is 96.6 Å². The smallest absolute Gasteiger partial charge is 0.230 e. The number of hydrogen-bond donors (Lipinski definition) is 0. The van der Waals surface area contributed by atoms with E-state index in [1.807, 2.05) is 0 Å². The van der Waals surface area contributed by atoms with E-state index in [1.165, 1.54) is 12.8 Å². The van der Waals surface area contributed by atoms with Gasteiger partial charge in [0.25, 0.3) is 0 Å². The van der Waals surface area contributed by atoms with Gasteiger partial charge in [-0.15, -0.1) is 0 Å². The summed E-state index contributed by atoms with van der Waals surface area (Å²) < 4.78 is 0. The van der Waals surface area contributed by atoms with Gasteiger partial charge in [0.1, 0.15) is 0 Å². The van der Waals surface area contributed by atoms with E-state index in [0.29, 0.717) is 6.54 Å². The largest absolute Gasteiger partial charge is 0.334 e. The van der Waals surface area contributed by atoms with Gasteiger partial charge in [0, 0.05) is 13.1 Å². The Morgan fingerprint density at radius 3 is 2.44 bits per heavy atom. The summed E-state index contributed by atoms with van der Waals surface area (Å²) >= 11 is 0. The third kappa shape index (κ3) is 2.82. The highest BCUT2D eigenvalue weighted by molar-refractivity contribution is 6.05. The van der Waals surface area contributed by atoms with Gasteiger partial charge in [-0.05, 0) is 31.8 Å². The highest BCUT2D eigenvalue weighted by Gasteiger charge is 2.27. The summed E-state index contributed by atoms with van der Waals surface area (Å²) in [4.78, 5) is 26.6. The molecule has 0 saturated carbocycles. The van der Waals surface area contributed by atoms with Crippen LogP contribution in [0.3, 0.4) is 0 Å². The molecule has 2 heterocycles. The Morgan fingerprint density at radius 1 is 1.19 bits per heavy atom. The summed E-state index contributed by atoms with van der Waals surface area (Å²) in [5.74, 6) is 0.916. The molecule has 0 aliphatic carbocycles. The van der Waals surface area contributed by atoms with Gasteiger partial charge >= 0.3 is 0 Å². The van der Waals surface area contributed by atoms with Crippen molar-refractivity contribution in [2.45, 2.75) is 26.2 Å². The number of hydrogen-bond acceptors (Lipinski definition) is 3. The van der Waals surface area contributed by atoms with Crippen LogP contribution in [-0.4, -0.2) is 54.2 Å². The fraction of sp³-hybridized carbons (Fsp3) is 0.833. The topological polar surface area (TPSA) is 40.6 Å². The summed E-state index contributed by atoms with van der Waals surface area (Å²) in [5.41, 5.74) is 0. The van der Waals surface area contributed by atoms with Crippen LogP contribution in [0.4, 0.5) is 0 Å². The van der Waals surface area contributed by atoms with Gasteiger partial charge in [0.05, 0.1) is 13.0 Å². The van der Waals surface area contributed by atoms with Crippen LogP contribution in [0.5, 0.6) is 0 Å². The molecule has 0 atom stereocenters. The fourth-order valence-electron chi connectivity index (χ4n) is 2.39. The van der Waals surface area contributed by atoms with Crippen molar-refractivity contribution in [2.24, 2.45) is 5.92 Å². The second kappa shape index (κ2) is 4.95. The lowest BCUT2D eigenvalue weighted by atomic mass is 9.99. The average Bonchev–Trinajstić information content (AvgIpc) is 2.57. The highest BCUT2D eigenvalue weighted by atomic mass is 16.2. The van der Waals surface area contributed by atoms with Crippen molar-refractivity contribution in [1.29, 1.82) is 0 Å². The molecule has 90 valence electrons. The summed E-state index contributed by atoms with van der Waals surface area (Å²) in [6.45, 7) is 6.54. The van der Waals surface area contributed by atoms with Crippen LogP contribution in [0.15, 0.2) is 0 Å². The van der Waals surface area contributed by atoms with Crippen LogP contribution in [0, 0.1) is 5.92 Å². The Bertz CT molecular complexity index is 283. The van der Waals surface area contributed by atoms with Crippen molar-refractivity contribution in [3.05, 3.63) is 0 Å². The molecule has 2 rings (SSSR count). The molecule has 0 unspecified atom stereocenters. The zero-order valence-corrected chi connectivity index (χ0v) is 9.95. The number of rotatable bonds is 3. The van der Waals surface area contributed by atoms with Crippen molar-refractivity contribution in [1.82, 2.24) is 9.80 Å². The molecule has 0 N–H and O–H groups in total. The van der Waals surface area contributed by atoms with Crippen LogP contribution >= 0.6 is 0 Å². The minimum atomic E-state index is 0.00961. The average molecular weight is 224 g/mol. The Morgan fingerprint density at radius 2 is 1.88 bits per heavy atom. The number of Topliss-reactive ketones (excluding diaryl/α,β-unsaturated/α-hetero) is 1. The maximum atomic E-state index is 11.4. The van der Waals surface area contributed by atoms with E-state index in [4.69, 9.17) is 0 Å². The van der Waals surface area contributed by atoms with Gasteiger partial charge in [0.2, 0.25) is 5.91 Å². The van der Waals surface area contributed by atoms with Gasteiger partial charge in [0.15, 0.2) is 5.78 Å². The van der Waals surface area contributed by atoms with Crippen molar-refractivity contribution in [2.75, 3.05) is 32.7 Å². The van der Waals surface area contributed by atoms with Crippen LogP contribution in [0.1, 0.15) is 26.2 Å². The highest BCUT2D eigenvalue weighted by Crippen LogP contribution is 2.16. The molecular weight excluding hydrogens is 204 g/mol. The Balaban J connectivity index is 1.71. The molecule has 0 aromatic heterocycles. The number of ketones is 1. The molecule has 4 nitrogen and oxygen atoms in total. The summed E-state index contributed by atoms with van der Waals surface area (Å²) in [6.07, 6.45) is 2.64. The van der Waals surface area contributed by atoms with Crippen LogP contribution in [0.25, 0.3) is 0 Å². The third-order valence-corrected chi connectivity index (χ3v) is 3.63. The van der Waals surface area contributed by atoms with Gasteiger partial charge < -0.3 is 9.80 Å². The zero-order chi connectivity index (χ0) is 11.5. The van der Waals surface area contributed by atoms with Crippen LogP contribution in [0.2, 0.25) is 0 Å². The summed E-state index contributed by atoms with van der Waals surface area (Å²) in [5, 5.41) is 0. The third-order valence-electron chi connectivity index (χ3n) is 3.63. The SMILES string of the molecule is CC1CCN(CCN2CC(=O)CC2=O)CC1. The zero-order valence-electron chi connectivity index (χ0n) is 9.95. The predicted molar refractivity (Wildman–Crippen MR) is 61.0 cm³/mol. The maximum absolute atomic E-state index is 11.4. The van der Waals surface area contributed by atoms with E-state index in [2.05, 4.69) is 11.8 Å². The van der Waals surface area contributed by atoms with E-state index >= 15 is 0 Å². The van der Waals surface area contributed by atoms with Crippen molar-refractivity contribution >= 4 is 11.7 Å². The lowest BCUT2D eigenvalue weighted by molar-refractivity contribution is -0.128. The minimum Gasteiger partial charge on any atom is -0.334 e. The summed E-state index contributed by atoms with van der Waals surface area (Å²) in [6, 6.07) is 0. The minimum absolute atomic E-state index is 0.00961. The van der Waals surface area contributed by atoms with E-state index in [0.717, 1.165) is 32.1 Å². The first-order valence-electron chi connectivity index (χ1n) is 6.17. The predicted octanol–water partition coefficient (Wildman–Crippen LogP) is 0.520. The van der Waals surface area contributed by atoms with E-state index in [9.17, 15) is 9.59 Å². The molecule has 4 heteroatoms. The van der Waals surface area contributed by atoms with E-state index < -0.39 is 0 Å². The normalized spacial score (nSPS) is 24.4. The van der Waals surface area contributed by atoms with Crippen LogP contribution in [-0.2, 0) is 9.59 Å². The number of carbonyl (C=O) groups is 2. The molecule has 0 aromatic carbocycles. The number of amides is 1. The fourth-order valence-corrected chi connectivity index (χ4v) is 2.39. The molecule has 2 aliphatic heterocycles. The summed E-state index contributed by atoms with van der Waals surface area (Å²) in [7, 11) is 0. The van der Waals surface area contributed by atoms with Gasteiger partial charge in [-0.25, -0.2) is 0 Å². The van der Waals surface area contributed by atoms with E-state index in [1.54, 1.807) is 4.90 Å². The quantitative estimate of drug-likeness (QED) is 0.656. The standard InChI is InChI=1S/C12H20N2O2/c1-10-2-4-13(5-3-10)6-7-14-9-11(15)8-12(14)16/h10H,2-9H2,1H3. The first-order valence-corrected chi connectivity index (χ1v) is 6.17. The van der Waals surface area contributed by atoms with Crippen molar-refractivity contribution in [3.63, 3.8) is 0 Å². The van der Waals surface area contributed by atoms with Gasteiger partial charge in [-0.1, -0.05) is 6.92 Å². The van der Waals surface area contributed by atoms with Gasteiger partial charge in [-0.2, -0.15) is 0 Å². The van der Waals surface area contributed by atoms with Gasteiger partial charge in [-0.3, -0.25) is 9.59 Å². The number of piperidine rings is 1. The van der Waals surface area contributed by atoms with Crippen molar-refractivity contribution < 1.29 is 9.59 Å². The lowest BCUT2D eigenvalue weighted by Gasteiger charge is -2.31.